The molecule has 2 saturated carbocycles. The predicted octanol–water partition coefficient (Wildman–Crippen LogP) is -7.08. The van der Waals surface area contributed by atoms with Crippen molar-refractivity contribution in [1.82, 2.24) is 10.6 Å². The van der Waals surface area contributed by atoms with E-state index in [9.17, 15) is 30.3 Å². The number of carbonyl (C=O) groups is 1. The van der Waals surface area contributed by atoms with E-state index in [2.05, 4.69) is 15.6 Å². The van der Waals surface area contributed by atoms with Crippen LogP contribution in [-0.4, -0.2) is 148 Å². The predicted molar refractivity (Wildman–Crippen MR) is 156 cm³/mol. The van der Waals surface area contributed by atoms with Crippen molar-refractivity contribution in [3.05, 3.63) is 0 Å². The summed E-state index contributed by atoms with van der Waals surface area (Å²) in [4.78, 5) is 17.1. The van der Waals surface area contributed by atoms with Gasteiger partial charge in [0.15, 0.2) is 17.9 Å². The summed E-state index contributed by atoms with van der Waals surface area (Å²) in [7, 11) is 0. The van der Waals surface area contributed by atoms with Crippen LogP contribution in [0.25, 0.3) is 0 Å². The molecule has 2 aliphatic heterocycles. The van der Waals surface area contributed by atoms with Crippen molar-refractivity contribution in [2.75, 3.05) is 26.2 Å². The summed E-state index contributed by atoms with van der Waals surface area (Å²) in [6.07, 6.45) is -7.01. The molecule has 0 bridgehead atoms. The topological polar surface area (TPSA) is 338 Å². The van der Waals surface area contributed by atoms with E-state index in [4.69, 9.17) is 48.6 Å². The van der Waals surface area contributed by atoms with Crippen LogP contribution >= 0.6 is 0 Å². The first-order chi connectivity index (χ1) is 20.8. The molecule has 19 N–H and O–H groups in total. The standard InChI is InChI=1S/C26H51N9O9/c27-4-1-5-33-8-10-2-3-11(28)21(42-10)16-12(29)6-13(34-24(40)26(41)7-15(26)35-25(31)32)22(19(16)38)44-23-20(39)17(30)18(37)14(9-36)43-23/h10-23,33,36-39,41H,1-9,27-30H2,(H,34,40)(H4,31,32,35)/t10-,11+,12-,13+,14+,15?,16?,17-,18+,19-,20+,21-,22-,23+,26?/m0/s1. The maximum Gasteiger partial charge on any atom is 0.254 e. The highest BCUT2D eigenvalue weighted by Crippen LogP contribution is 2.41. The van der Waals surface area contributed by atoms with Crippen LogP contribution in [-0.2, 0) is 19.0 Å². The molecular weight excluding hydrogens is 582 g/mol. The molecule has 4 fully saturated rings. The SMILES string of the molecule is NCCCNC[C@@H]1CC[C@@H](N)[C@@H](C2[C@@H](N)C[C@@H](NC(=O)C3(O)CC3N=C(N)N)[C@H](O[C@H]3O[C@H](CO)[C@@H](O)[C@H](N)[C@H]3O)[C@H]2O)O1. The average molecular weight is 634 g/mol. The molecule has 0 aromatic heterocycles. The number of aliphatic imine (C=N–C) groups is 1. The monoisotopic (exact) mass is 633 g/mol. The molecule has 2 heterocycles. The lowest BCUT2D eigenvalue weighted by atomic mass is 9.72. The average Bonchev–Trinajstić information content (AvgIpc) is 3.63. The summed E-state index contributed by atoms with van der Waals surface area (Å²) in [5, 5.41) is 59.4. The van der Waals surface area contributed by atoms with Gasteiger partial charge in [-0.25, -0.2) is 4.99 Å². The smallest absolute Gasteiger partial charge is 0.254 e. The van der Waals surface area contributed by atoms with E-state index >= 15 is 0 Å². The van der Waals surface area contributed by atoms with Gasteiger partial charge in [-0.2, -0.15) is 0 Å². The van der Waals surface area contributed by atoms with E-state index in [0.717, 1.165) is 13.0 Å². The van der Waals surface area contributed by atoms with Gasteiger partial charge in [-0.15, -0.1) is 0 Å². The third kappa shape index (κ3) is 7.60. The summed E-state index contributed by atoms with van der Waals surface area (Å²) in [5.41, 5.74) is 33.6. The lowest BCUT2D eigenvalue weighted by Gasteiger charge is -2.51. The van der Waals surface area contributed by atoms with Crippen LogP contribution in [0.4, 0.5) is 0 Å². The lowest BCUT2D eigenvalue weighted by Crippen LogP contribution is -2.69. The Labute approximate surface area is 255 Å². The fourth-order valence-corrected chi connectivity index (χ4v) is 6.49. The zero-order chi connectivity index (χ0) is 32.3. The van der Waals surface area contributed by atoms with Crippen LogP contribution < -0.4 is 45.0 Å². The molecule has 2 aliphatic carbocycles. The van der Waals surface area contributed by atoms with Gasteiger partial charge in [0.1, 0.15) is 24.4 Å². The first-order valence-corrected chi connectivity index (χ1v) is 15.2. The number of guanidine groups is 1. The lowest BCUT2D eigenvalue weighted by molar-refractivity contribution is -0.306. The number of aliphatic hydroxyl groups excluding tert-OH is 4. The Morgan fingerprint density at radius 1 is 1.05 bits per heavy atom. The maximum atomic E-state index is 13.2. The van der Waals surface area contributed by atoms with Crippen molar-refractivity contribution in [3.8, 4) is 0 Å². The van der Waals surface area contributed by atoms with Crippen molar-refractivity contribution in [2.45, 2.75) is 117 Å². The molecule has 4 aliphatic rings. The number of nitrogens with two attached hydrogens (primary N) is 6. The van der Waals surface area contributed by atoms with E-state index < -0.39 is 97.2 Å². The van der Waals surface area contributed by atoms with E-state index in [1.165, 1.54) is 0 Å². The van der Waals surface area contributed by atoms with Crippen LogP contribution in [0.15, 0.2) is 4.99 Å². The minimum Gasteiger partial charge on any atom is -0.394 e. The van der Waals surface area contributed by atoms with Gasteiger partial charge in [0, 0.05) is 31.0 Å². The number of amides is 1. The Morgan fingerprint density at radius 3 is 2.43 bits per heavy atom. The van der Waals surface area contributed by atoms with Crippen LogP contribution in [0.1, 0.15) is 32.1 Å². The van der Waals surface area contributed by atoms with Crippen molar-refractivity contribution < 1.29 is 44.5 Å². The van der Waals surface area contributed by atoms with Gasteiger partial charge >= 0.3 is 0 Å². The van der Waals surface area contributed by atoms with Crippen molar-refractivity contribution in [3.63, 3.8) is 0 Å². The number of rotatable bonds is 12. The molecule has 0 aromatic carbocycles. The Hall–Kier alpha value is -1.78. The van der Waals surface area contributed by atoms with Gasteiger partial charge in [-0.1, -0.05) is 0 Å². The summed E-state index contributed by atoms with van der Waals surface area (Å²) < 4.78 is 18.1. The Morgan fingerprint density at radius 2 is 1.77 bits per heavy atom. The molecule has 1 amide bonds. The van der Waals surface area contributed by atoms with E-state index in [-0.39, 0.29) is 24.9 Å². The largest absolute Gasteiger partial charge is 0.394 e. The molecule has 2 saturated heterocycles. The van der Waals surface area contributed by atoms with Crippen molar-refractivity contribution in [2.24, 2.45) is 45.3 Å². The highest BCUT2D eigenvalue weighted by Gasteiger charge is 2.61. The second-order valence-corrected chi connectivity index (χ2v) is 12.4. The zero-order valence-corrected chi connectivity index (χ0v) is 24.7. The molecule has 0 aromatic rings. The summed E-state index contributed by atoms with van der Waals surface area (Å²) >= 11 is 0. The first-order valence-electron chi connectivity index (χ1n) is 15.2. The van der Waals surface area contributed by atoms with Crippen molar-refractivity contribution in [1.29, 1.82) is 0 Å². The molecule has 0 spiro atoms. The van der Waals surface area contributed by atoms with Gasteiger partial charge < -0.3 is 84.8 Å². The fraction of sp³-hybridized carbons (Fsp3) is 0.923. The van der Waals surface area contributed by atoms with E-state index in [1.54, 1.807) is 0 Å². The van der Waals surface area contributed by atoms with Crippen LogP contribution in [0, 0.1) is 5.92 Å². The van der Waals surface area contributed by atoms with Crippen LogP contribution in [0.3, 0.4) is 0 Å². The number of nitrogens with one attached hydrogen (secondary N) is 2. The Balaban J connectivity index is 1.55. The molecule has 18 heteroatoms. The van der Waals surface area contributed by atoms with Gasteiger partial charge in [-0.3, -0.25) is 4.79 Å². The van der Waals surface area contributed by atoms with Crippen LogP contribution in [0.2, 0.25) is 0 Å². The third-order valence-corrected chi connectivity index (χ3v) is 9.19. The van der Waals surface area contributed by atoms with Crippen molar-refractivity contribution >= 4 is 11.9 Å². The highest BCUT2D eigenvalue weighted by molar-refractivity contribution is 5.90. The summed E-state index contributed by atoms with van der Waals surface area (Å²) in [5.74, 6) is -1.85. The zero-order valence-electron chi connectivity index (χ0n) is 24.7. The first kappa shape index (κ1) is 35.1. The number of aliphatic hydroxyl groups is 5. The number of nitrogens with zero attached hydrogens (tertiary/aromatic N) is 1. The maximum absolute atomic E-state index is 13.2. The highest BCUT2D eigenvalue weighted by atomic mass is 16.7. The molecule has 18 nitrogen and oxygen atoms in total. The Kier molecular flexibility index (Phi) is 11.8. The van der Waals surface area contributed by atoms with E-state index in [1.807, 2.05) is 0 Å². The normalized spacial score (nSPS) is 45.8. The van der Waals surface area contributed by atoms with Gasteiger partial charge in [0.25, 0.3) is 5.91 Å². The molecule has 254 valence electrons. The molecular formula is C26H51N9O9. The Bertz CT molecular complexity index is 995. The molecule has 4 rings (SSSR count). The number of hydrogen-bond acceptors (Lipinski definition) is 15. The number of carbonyl (C=O) groups excluding carboxylic acids is 1. The second kappa shape index (κ2) is 14.8. The second-order valence-electron chi connectivity index (χ2n) is 12.4. The summed E-state index contributed by atoms with van der Waals surface area (Å²) in [6.45, 7) is 1.22. The minimum absolute atomic E-state index is 0.0208. The van der Waals surface area contributed by atoms with Crippen LogP contribution in [0.5, 0.6) is 0 Å². The quantitative estimate of drug-likeness (QED) is 0.0539. The summed E-state index contributed by atoms with van der Waals surface area (Å²) in [6, 6.07) is -4.27. The third-order valence-electron chi connectivity index (χ3n) is 9.19. The molecule has 15 atom stereocenters. The fourth-order valence-electron chi connectivity index (χ4n) is 6.49. The van der Waals surface area contributed by atoms with Gasteiger partial charge in [0.2, 0.25) is 0 Å². The molecule has 3 unspecified atom stereocenters. The minimum atomic E-state index is -1.88. The van der Waals surface area contributed by atoms with E-state index in [0.29, 0.717) is 25.9 Å². The number of ether oxygens (including phenoxy) is 3. The molecule has 44 heavy (non-hydrogen) atoms. The van der Waals surface area contributed by atoms with Gasteiger partial charge in [0.05, 0.1) is 43.0 Å². The van der Waals surface area contributed by atoms with Gasteiger partial charge in [-0.05, 0) is 38.8 Å². The number of hydrogen-bond donors (Lipinski definition) is 13. The molecule has 0 radical (unpaired) electrons.